The highest BCUT2D eigenvalue weighted by atomic mass is 79.9. The van der Waals surface area contributed by atoms with Gasteiger partial charge in [0.1, 0.15) is 10.9 Å². The molecule has 0 bridgehead atoms. The molecule has 0 aromatic heterocycles. The molecule has 1 atom stereocenters. The smallest absolute Gasteiger partial charge is 0.339 e. The van der Waals surface area contributed by atoms with Crippen LogP contribution in [0.2, 0.25) is 0 Å². The molecule has 0 spiro atoms. The largest absolute Gasteiger partial charge is 0.493 e. The summed E-state index contributed by atoms with van der Waals surface area (Å²) in [5.41, 5.74) is 4.59. The predicted octanol–water partition coefficient (Wildman–Crippen LogP) is 4.30. The Balaban J connectivity index is 1.75. The van der Waals surface area contributed by atoms with Crippen LogP contribution in [0, 0.1) is 19.8 Å². The van der Waals surface area contributed by atoms with Gasteiger partial charge < -0.3 is 8.92 Å². The molecule has 0 unspecified atom stereocenters. The van der Waals surface area contributed by atoms with E-state index in [9.17, 15) is 21.6 Å². The van der Waals surface area contributed by atoms with Gasteiger partial charge in [0.2, 0.25) is 10.0 Å². The van der Waals surface area contributed by atoms with E-state index in [1.807, 2.05) is 13.8 Å². The van der Waals surface area contributed by atoms with Gasteiger partial charge in [-0.05, 0) is 77.7 Å². The molecule has 3 aromatic carbocycles. The van der Waals surface area contributed by atoms with Crippen LogP contribution in [0.5, 0.6) is 11.5 Å². The van der Waals surface area contributed by atoms with Crippen molar-refractivity contribution in [1.29, 1.82) is 0 Å². The molecule has 0 aliphatic rings. The zero-order chi connectivity index (χ0) is 29.7. The molecule has 1 amide bonds. The quantitative estimate of drug-likeness (QED) is 0.179. The number of ether oxygens (including phenoxy) is 1. The molecule has 0 radical (unpaired) electrons. The van der Waals surface area contributed by atoms with Gasteiger partial charge in [0.25, 0.3) is 5.91 Å². The predicted molar refractivity (Wildman–Crippen MR) is 156 cm³/mol. The molecule has 0 saturated carbocycles. The second kappa shape index (κ2) is 12.9. The van der Waals surface area contributed by atoms with Crippen LogP contribution in [-0.2, 0) is 24.9 Å². The number of hydrogen-bond acceptors (Lipinski definition) is 8. The van der Waals surface area contributed by atoms with E-state index in [4.69, 9.17) is 8.92 Å². The number of nitrogens with zero attached hydrogens (tertiary/aromatic N) is 1. The second-order valence-electron chi connectivity index (χ2n) is 9.27. The summed E-state index contributed by atoms with van der Waals surface area (Å²) < 4.78 is 64.5. The van der Waals surface area contributed by atoms with E-state index >= 15 is 0 Å². The third kappa shape index (κ3) is 7.90. The number of carbonyl (C=O) groups is 1. The first-order valence-corrected chi connectivity index (χ1v) is 15.7. The van der Waals surface area contributed by atoms with E-state index in [1.54, 1.807) is 38.1 Å². The number of nitrogens with one attached hydrogen (secondary N) is 2. The number of rotatable bonds is 11. The zero-order valence-electron chi connectivity index (χ0n) is 22.5. The minimum atomic E-state index is -4.14. The van der Waals surface area contributed by atoms with Gasteiger partial charge >= 0.3 is 10.1 Å². The third-order valence-electron chi connectivity index (χ3n) is 5.71. The van der Waals surface area contributed by atoms with Crippen molar-refractivity contribution in [2.75, 3.05) is 7.11 Å². The second-order valence-corrected chi connectivity index (χ2v) is 13.4. The average Bonchev–Trinajstić information content (AvgIpc) is 2.89. The van der Waals surface area contributed by atoms with Crippen LogP contribution in [0.25, 0.3) is 0 Å². The van der Waals surface area contributed by atoms with E-state index in [0.29, 0.717) is 5.56 Å². The van der Waals surface area contributed by atoms with Crippen LogP contribution in [-0.4, -0.2) is 42.1 Å². The van der Waals surface area contributed by atoms with Gasteiger partial charge in [0.05, 0.1) is 22.7 Å². The third-order valence-corrected chi connectivity index (χ3v) is 8.99. The summed E-state index contributed by atoms with van der Waals surface area (Å²) >= 11 is 3.30. The van der Waals surface area contributed by atoms with Gasteiger partial charge in [-0.1, -0.05) is 49.2 Å². The topological polar surface area (TPSA) is 140 Å². The fraction of sp³-hybridized carbons (Fsp3) is 0.259. The Morgan fingerprint density at radius 2 is 1.48 bits per heavy atom. The van der Waals surface area contributed by atoms with Gasteiger partial charge in [-0.25, -0.2) is 13.8 Å². The van der Waals surface area contributed by atoms with Crippen molar-refractivity contribution < 1.29 is 30.6 Å². The maximum atomic E-state index is 12.8. The van der Waals surface area contributed by atoms with Crippen LogP contribution in [0.4, 0.5) is 0 Å². The Labute approximate surface area is 243 Å². The molecule has 0 aliphatic carbocycles. The molecule has 40 heavy (non-hydrogen) atoms. The zero-order valence-corrected chi connectivity index (χ0v) is 25.7. The molecule has 10 nitrogen and oxygen atoms in total. The maximum Gasteiger partial charge on any atom is 0.339 e. The lowest BCUT2D eigenvalue weighted by Gasteiger charge is -2.20. The lowest BCUT2D eigenvalue weighted by atomic mass is 10.1. The summed E-state index contributed by atoms with van der Waals surface area (Å²) in [5, 5.41) is 3.94. The first-order valence-electron chi connectivity index (χ1n) is 12.0. The summed E-state index contributed by atoms with van der Waals surface area (Å²) in [5.74, 6) is -0.993. The SMILES string of the molecule is COc1cc(/C=N\NC(=O)[C@H](NS(=O)(=O)c2ccc(C)cc2)C(C)C)cc(Br)c1OS(=O)(=O)c1ccc(C)cc1. The normalized spacial score (nSPS) is 12.9. The van der Waals surface area contributed by atoms with Crippen molar-refractivity contribution in [2.45, 2.75) is 43.5 Å². The fourth-order valence-electron chi connectivity index (χ4n) is 3.44. The van der Waals surface area contributed by atoms with Crippen molar-refractivity contribution >= 4 is 48.2 Å². The monoisotopic (exact) mass is 651 g/mol. The number of hydrogen-bond donors (Lipinski definition) is 2. The minimum Gasteiger partial charge on any atom is -0.493 e. The Hall–Kier alpha value is -3.26. The molecular formula is C27H30BrN3O7S2. The highest BCUT2D eigenvalue weighted by Crippen LogP contribution is 2.38. The first-order chi connectivity index (χ1) is 18.7. The van der Waals surface area contributed by atoms with Gasteiger partial charge in [-0.15, -0.1) is 0 Å². The first kappa shape index (κ1) is 31.3. The number of hydrazone groups is 1. The Kier molecular flexibility index (Phi) is 10.1. The van der Waals surface area contributed by atoms with Gasteiger partial charge in [-0.3, -0.25) is 4.79 Å². The Morgan fingerprint density at radius 1 is 0.925 bits per heavy atom. The Bertz CT molecular complexity index is 1610. The molecule has 0 heterocycles. The van der Waals surface area contributed by atoms with E-state index < -0.39 is 32.1 Å². The number of benzene rings is 3. The van der Waals surface area contributed by atoms with Gasteiger partial charge in [0.15, 0.2) is 11.5 Å². The summed E-state index contributed by atoms with van der Waals surface area (Å²) in [6.07, 6.45) is 1.30. The molecular weight excluding hydrogens is 622 g/mol. The van der Waals surface area contributed by atoms with Crippen LogP contribution in [0.3, 0.4) is 0 Å². The van der Waals surface area contributed by atoms with Crippen LogP contribution < -0.4 is 19.1 Å². The number of aryl methyl sites for hydroxylation is 2. The standard InChI is InChI=1S/C27H30BrN3O7S2/c1-17(2)25(31-39(33,34)21-10-6-18(3)7-11-21)27(32)30-29-16-20-14-23(28)26(24(15-20)37-5)38-40(35,36)22-12-8-19(4)9-13-22/h6-17,25,31H,1-5H3,(H,30,32)/b29-16-/t25-/m1/s1. The number of methoxy groups -OCH3 is 1. The van der Waals surface area contributed by atoms with Gasteiger partial charge in [-0.2, -0.15) is 18.2 Å². The Morgan fingerprint density at radius 3 is 2.00 bits per heavy atom. The lowest BCUT2D eigenvalue weighted by molar-refractivity contribution is -0.123. The van der Waals surface area contributed by atoms with E-state index in [1.165, 1.54) is 49.7 Å². The van der Waals surface area contributed by atoms with Crippen molar-refractivity contribution in [3.63, 3.8) is 0 Å². The lowest BCUT2D eigenvalue weighted by Crippen LogP contribution is -2.48. The fourth-order valence-corrected chi connectivity index (χ4v) is 6.39. The van der Waals surface area contributed by atoms with Crippen LogP contribution >= 0.6 is 15.9 Å². The summed E-state index contributed by atoms with van der Waals surface area (Å²) in [7, 11) is -6.74. The molecule has 3 rings (SSSR count). The highest BCUT2D eigenvalue weighted by molar-refractivity contribution is 9.10. The van der Waals surface area contributed by atoms with Crippen molar-refractivity contribution in [3.05, 3.63) is 81.8 Å². The van der Waals surface area contributed by atoms with Crippen molar-refractivity contribution in [1.82, 2.24) is 10.1 Å². The van der Waals surface area contributed by atoms with Crippen LogP contribution in [0.15, 0.2) is 80.0 Å². The maximum absolute atomic E-state index is 12.8. The number of halogens is 1. The molecule has 0 aliphatic heterocycles. The van der Waals surface area contributed by atoms with E-state index in [-0.39, 0.29) is 31.7 Å². The minimum absolute atomic E-state index is 0.0156. The summed E-state index contributed by atoms with van der Waals surface area (Å²) in [6, 6.07) is 14.4. The van der Waals surface area contributed by atoms with Crippen molar-refractivity contribution in [3.8, 4) is 11.5 Å². The molecule has 3 aromatic rings. The molecule has 0 saturated heterocycles. The van der Waals surface area contributed by atoms with Crippen LogP contribution in [0.1, 0.15) is 30.5 Å². The molecule has 2 N–H and O–H groups in total. The van der Waals surface area contributed by atoms with Gasteiger partial charge in [0, 0.05) is 0 Å². The molecule has 214 valence electrons. The molecule has 13 heteroatoms. The number of sulfonamides is 1. The number of carbonyl (C=O) groups excluding carboxylic acids is 1. The summed E-state index contributed by atoms with van der Waals surface area (Å²) in [4.78, 5) is 12.9. The van der Waals surface area contributed by atoms with E-state index in [0.717, 1.165) is 11.1 Å². The number of amides is 1. The molecule has 0 fully saturated rings. The highest BCUT2D eigenvalue weighted by Gasteiger charge is 2.28. The van der Waals surface area contributed by atoms with Crippen molar-refractivity contribution in [2.24, 2.45) is 11.0 Å². The van der Waals surface area contributed by atoms with E-state index in [2.05, 4.69) is 31.2 Å². The summed E-state index contributed by atoms with van der Waals surface area (Å²) in [6.45, 7) is 7.09. The average molecular weight is 653 g/mol.